The molecule has 3 heteroatoms. The van der Waals surface area contributed by atoms with Crippen molar-refractivity contribution in [3.05, 3.63) is 0 Å². The number of hydrogen-bond donors (Lipinski definition) is 1. The third kappa shape index (κ3) is 0.959. The van der Waals surface area contributed by atoms with Crippen molar-refractivity contribution in [2.24, 2.45) is 23.5 Å². The highest BCUT2D eigenvalue weighted by atomic mass is 16.2. The molecule has 0 aromatic carbocycles. The smallest absolute Gasteiger partial charge is 0.226 e. The fraction of sp³-hybridized carbons (Fsp3) is 0.889. The van der Waals surface area contributed by atoms with Crippen LogP contribution in [0.4, 0.5) is 0 Å². The quantitative estimate of drug-likeness (QED) is 0.647. The molecule has 3 atom stereocenters. The van der Waals surface area contributed by atoms with Crippen molar-refractivity contribution in [1.82, 2.24) is 4.90 Å². The van der Waals surface area contributed by atoms with Gasteiger partial charge in [0.15, 0.2) is 0 Å². The molecule has 1 saturated heterocycles. The van der Waals surface area contributed by atoms with Crippen LogP contribution < -0.4 is 5.73 Å². The molecule has 12 heavy (non-hydrogen) atoms. The van der Waals surface area contributed by atoms with Crippen LogP contribution in [0.15, 0.2) is 0 Å². The highest BCUT2D eigenvalue weighted by Crippen LogP contribution is 2.51. The summed E-state index contributed by atoms with van der Waals surface area (Å²) in [5.74, 6) is 1.79. The van der Waals surface area contributed by atoms with E-state index in [0.29, 0.717) is 30.2 Å². The van der Waals surface area contributed by atoms with E-state index in [0.717, 1.165) is 19.5 Å². The third-order valence-corrected chi connectivity index (χ3v) is 3.13. The largest absolute Gasteiger partial charge is 0.342 e. The van der Waals surface area contributed by atoms with E-state index in [1.807, 2.05) is 4.90 Å². The van der Waals surface area contributed by atoms with Gasteiger partial charge in [0.1, 0.15) is 0 Å². The van der Waals surface area contributed by atoms with E-state index >= 15 is 0 Å². The summed E-state index contributed by atoms with van der Waals surface area (Å²) in [4.78, 5) is 13.6. The summed E-state index contributed by atoms with van der Waals surface area (Å²) >= 11 is 0. The second-order valence-electron chi connectivity index (χ2n) is 3.87. The fourth-order valence-electron chi connectivity index (χ4n) is 2.41. The maximum absolute atomic E-state index is 11.6. The van der Waals surface area contributed by atoms with Gasteiger partial charge < -0.3 is 10.6 Å². The number of amides is 1. The van der Waals surface area contributed by atoms with Crippen molar-refractivity contribution in [2.75, 3.05) is 19.6 Å². The number of carbonyl (C=O) groups excluding carboxylic acids is 1. The van der Waals surface area contributed by atoms with Gasteiger partial charge >= 0.3 is 0 Å². The molecule has 0 bridgehead atoms. The summed E-state index contributed by atoms with van der Waals surface area (Å²) < 4.78 is 0. The Labute approximate surface area is 72.9 Å². The molecule has 1 saturated carbocycles. The Kier molecular flexibility index (Phi) is 1.83. The maximum atomic E-state index is 11.6. The van der Waals surface area contributed by atoms with Gasteiger partial charge in [0.05, 0.1) is 0 Å². The summed E-state index contributed by atoms with van der Waals surface area (Å²) in [5.41, 5.74) is 5.53. The fourth-order valence-corrected chi connectivity index (χ4v) is 2.41. The lowest BCUT2D eigenvalue weighted by Gasteiger charge is -2.18. The van der Waals surface area contributed by atoms with E-state index in [1.165, 1.54) is 0 Å². The second kappa shape index (κ2) is 2.73. The van der Waals surface area contributed by atoms with Gasteiger partial charge in [-0.25, -0.2) is 0 Å². The predicted octanol–water partition coefficient (Wildman–Crippen LogP) is 0.0595. The minimum absolute atomic E-state index is 0.307. The van der Waals surface area contributed by atoms with E-state index in [-0.39, 0.29) is 0 Å². The van der Waals surface area contributed by atoms with Crippen LogP contribution in [0.25, 0.3) is 0 Å². The number of fused-ring (bicyclic) bond motifs is 1. The van der Waals surface area contributed by atoms with Crippen LogP contribution in [-0.2, 0) is 4.79 Å². The van der Waals surface area contributed by atoms with Gasteiger partial charge in [0.2, 0.25) is 5.91 Å². The van der Waals surface area contributed by atoms with Crippen LogP contribution in [0.3, 0.4) is 0 Å². The Hall–Kier alpha value is -0.570. The Morgan fingerprint density at radius 3 is 2.83 bits per heavy atom. The van der Waals surface area contributed by atoms with Crippen LogP contribution in [0.2, 0.25) is 0 Å². The minimum atomic E-state index is 0.307. The first kappa shape index (κ1) is 8.05. The summed E-state index contributed by atoms with van der Waals surface area (Å²) in [6.07, 6.45) is 1.07. The molecule has 2 N–H and O–H groups in total. The maximum Gasteiger partial charge on any atom is 0.226 e. The summed E-state index contributed by atoms with van der Waals surface area (Å²) in [5, 5.41) is 0. The van der Waals surface area contributed by atoms with Crippen molar-refractivity contribution in [2.45, 2.75) is 13.3 Å². The molecule has 1 amide bonds. The van der Waals surface area contributed by atoms with Gasteiger partial charge in [-0.1, -0.05) is 6.92 Å². The average Bonchev–Trinajstić information content (AvgIpc) is 2.67. The molecule has 1 aliphatic carbocycles. The zero-order chi connectivity index (χ0) is 8.72. The van der Waals surface area contributed by atoms with Crippen LogP contribution in [0.5, 0.6) is 0 Å². The molecule has 3 nitrogen and oxygen atoms in total. The molecule has 2 fully saturated rings. The molecule has 0 aromatic rings. The van der Waals surface area contributed by atoms with Gasteiger partial charge in [-0.3, -0.25) is 4.79 Å². The van der Waals surface area contributed by atoms with E-state index in [1.54, 1.807) is 0 Å². The number of nitrogens with two attached hydrogens (primary N) is 1. The molecule has 0 aromatic heterocycles. The third-order valence-electron chi connectivity index (χ3n) is 3.13. The molecular weight excluding hydrogens is 152 g/mol. The summed E-state index contributed by atoms with van der Waals surface area (Å²) in [6.45, 7) is 4.71. The first-order valence-corrected chi connectivity index (χ1v) is 4.78. The topological polar surface area (TPSA) is 46.3 Å². The first-order chi connectivity index (χ1) is 5.79. The molecule has 1 aliphatic heterocycles. The van der Waals surface area contributed by atoms with Crippen LogP contribution >= 0.6 is 0 Å². The lowest BCUT2D eigenvalue weighted by atomic mass is 10.2. The summed E-state index contributed by atoms with van der Waals surface area (Å²) in [7, 11) is 0. The number of hydrogen-bond acceptors (Lipinski definition) is 2. The van der Waals surface area contributed by atoms with Crippen LogP contribution in [-0.4, -0.2) is 30.4 Å². The second-order valence-corrected chi connectivity index (χ2v) is 3.87. The van der Waals surface area contributed by atoms with Crippen LogP contribution in [0.1, 0.15) is 13.3 Å². The zero-order valence-corrected chi connectivity index (χ0v) is 7.49. The molecule has 0 radical (unpaired) electrons. The number of piperidine rings is 1. The van der Waals surface area contributed by atoms with E-state index in [9.17, 15) is 4.79 Å². The van der Waals surface area contributed by atoms with Gasteiger partial charge in [-0.05, 0) is 24.8 Å². The highest BCUT2D eigenvalue weighted by Gasteiger charge is 2.60. The van der Waals surface area contributed by atoms with Crippen LogP contribution in [0, 0.1) is 17.8 Å². The minimum Gasteiger partial charge on any atom is -0.342 e. The first-order valence-electron chi connectivity index (χ1n) is 4.78. The predicted molar refractivity (Wildman–Crippen MR) is 46.4 cm³/mol. The number of rotatable bonds is 3. The normalized spacial score (nSPS) is 38.7. The Bertz CT molecular complexity index is 201. The van der Waals surface area contributed by atoms with E-state index in [2.05, 4.69) is 6.92 Å². The summed E-state index contributed by atoms with van der Waals surface area (Å²) in [6, 6.07) is 0. The SMILES string of the molecule is CCCN1CC2C(CN)C2C1=O. The number of carbonyl (C=O) groups is 1. The molecule has 1 heterocycles. The zero-order valence-electron chi connectivity index (χ0n) is 7.49. The molecule has 2 aliphatic rings. The van der Waals surface area contributed by atoms with Crippen molar-refractivity contribution < 1.29 is 4.79 Å². The standard InChI is InChI=1S/C9H16N2O/c1-2-3-11-5-7-6(4-10)8(7)9(11)12/h6-8H,2-5,10H2,1H3. The van der Waals surface area contributed by atoms with Crippen molar-refractivity contribution >= 4 is 5.91 Å². The van der Waals surface area contributed by atoms with E-state index < -0.39 is 0 Å². The van der Waals surface area contributed by atoms with Crippen molar-refractivity contribution in [1.29, 1.82) is 0 Å². The van der Waals surface area contributed by atoms with E-state index in [4.69, 9.17) is 5.73 Å². The number of nitrogens with zero attached hydrogens (tertiary/aromatic N) is 1. The Balaban J connectivity index is 1.92. The van der Waals surface area contributed by atoms with Gasteiger partial charge in [0.25, 0.3) is 0 Å². The van der Waals surface area contributed by atoms with Crippen molar-refractivity contribution in [3.8, 4) is 0 Å². The van der Waals surface area contributed by atoms with Gasteiger partial charge in [-0.2, -0.15) is 0 Å². The molecule has 0 spiro atoms. The molecule has 2 rings (SSSR count). The van der Waals surface area contributed by atoms with Gasteiger partial charge in [-0.15, -0.1) is 0 Å². The monoisotopic (exact) mass is 168 g/mol. The lowest BCUT2D eigenvalue weighted by Crippen LogP contribution is -2.31. The molecular formula is C9H16N2O. The lowest BCUT2D eigenvalue weighted by molar-refractivity contribution is -0.130. The average molecular weight is 168 g/mol. The highest BCUT2D eigenvalue weighted by molar-refractivity contribution is 5.85. The Morgan fingerprint density at radius 1 is 1.67 bits per heavy atom. The number of likely N-dealkylation sites (tertiary alicyclic amines) is 1. The van der Waals surface area contributed by atoms with Crippen molar-refractivity contribution in [3.63, 3.8) is 0 Å². The Morgan fingerprint density at radius 2 is 2.42 bits per heavy atom. The molecule has 68 valence electrons. The van der Waals surface area contributed by atoms with Gasteiger partial charge in [0, 0.05) is 19.0 Å². The molecule has 3 unspecified atom stereocenters.